The topological polar surface area (TPSA) is 73.6 Å². The minimum Gasteiger partial charge on any atom is -0.497 e. The Labute approximate surface area is 156 Å². The Morgan fingerprint density at radius 2 is 1.81 bits per heavy atom. The number of rotatable bonds is 6. The highest BCUT2D eigenvalue weighted by atomic mass is 16.5. The fraction of sp³-hybridized carbons (Fsp3) is 0.150. The summed E-state index contributed by atoms with van der Waals surface area (Å²) < 4.78 is 12.4. The number of tetrazole rings is 1. The maximum Gasteiger partial charge on any atom is 0.184 e. The highest BCUT2D eigenvalue weighted by molar-refractivity contribution is 5.67. The van der Waals surface area contributed by atoms with Gasteiger partial charge in [0.15, 0.2) is 5.65 Å². The molecule has 0 fully saturated rings. The second-order valence-corrected chi connectivity index (χ2v) is 5.99. The van der Waals surface area contributed by atoms with E-state index in [1.165, 1.54) is 0 Å². The molecule has 0 spiro atoms. The second kappa shape index (κ2) is 7.33. The van der Waals surface area contributed by atoms with Gasteiger partial charge < -0.3 is 14.8 Å². The molecule has 0 aliphatic heterocycles. The van der Waals surface area contributed by atoms with Crippen molar-refractivity contribution in [3.05, 3.63) is 66.4 Å². The molecule has 0 aliphatic rings. The third-order valence-corrected chi connectivity index (χ3v) is 4.36. The number of anilines is 1. The number of ether oxygens (including phenoxy) is 2. The van der Waals surface area contributed by atoms with E-state index in [2.05, 4.69) is 39.0 Å². The van der Waals surface area contributed by atoms with Gasteiger partial charge in [-0.05, 0) is 34.2 Å². The summed E-state index contributed by atoms with van der Waals surface area (Å²) in [4.78, 5) is 0. The molecule has 0 atom stereocenters. The Morgan fingerprint density at radius 1 is 0.963 bits per heavy atom. The van der Waals surface area contributed by atoms with Crippen LogP contribution in [-0.4, -0.2) is 34.3 Å². The van der Waals surface area contributed by atoms with Gasteiger partial charge in [0.05, 0.1) is 19.9 Å². The van der Waals surface area contributed by atoms with Crippen molar-refractivity contribution >= 4 is 11.3 Å². The average molecular weight is 361 g/mol. The Balaban J connectivity index is 1.67. The van der Waals surface area contributed by atoms with E-state index in [1.54, 1.807) is 18.7 Å². The Bertz CT molecular complexity index is 1060. The maximum atomic E-state index is 5.45. The zero-order valence-corrected chi connectivity index (χ0v) is 15.1. The van der Waals surface area contributed by atoms with Gasteiger partial charge in [-0.3, -0.25) is 0 Å². The zero-order chi connectivity index (χ0) is 18.6. The summed E-state index contributed by atoms with van der Waals surface area (Å²) in [5.41, 5.74) is 4.73. The number of benzene rings is 2. The van der Waals surface area contributed by atoms with E-state index >= 15 is 0 Å². The van der Waals surface area contributed by atoms with Gasteiger partial charge >= 0.3 is 0 Å². The van der Waals surface area contributed by atoms with Crippen LogP contribution in [0.15, 0.2) is 60.8 Å². The highest BCUT2D eigenvalue weighted by Gasteiger charge is 2.11. The van der Waals surface area contributed by atoms with Crippen LogP contribution in [0.2, 0.25) is 0 Å². The number of nitrogens with zero attached hydrogens (tertiary/aromatic N) is 4. The molecule has 4 rings (SSSR count). The lowest BCUT2D eigenvalue weighted by Gasteiger charge is -2.13. The van der Waals surface area contributed by atoms with Crippen LogP contribution in [0.25, 0.3) is 16.8 Å². The van der Waals surface area contributed by atoms with E-state index in [9.17, 15) is 0 Å². The summed E-state index contributed by atoms with van der Waals surface area (Å²) in [5, 5.41) is 15.4. The van der Waals surface area contributed by atoms with Crippen LogP contribution in [0.5, 0.6) is 11.5 Å². The van der Waals surface area contributed by atoms with Crippen molar-refractivity contribution < 1.29 is 9.47 Å². The van der Waals surface area contributed by atoms with Gasteiger partial charge in [-0.25, -0.2) is 0 Å². The fourth-order valence-electron chi connectivity index (χ4n) is 2.97. The molecule has 7 nitrogen and oxygen atoms in total. The van der Waals surface area contributed by atoms with Crippen LogP contribution in [0, 0.1) is 0 Å². The van der Waals surface area contributed by atoms with Gasteiger partial charge in [-0.1, -0.05) is 30.3 Å². The molecule has 0 amide bonds. The molecular formula is C20H19N5O2. The molecule has 0 aliphatic carbocycles. The van der Waals surface area contributed by atoms with Crippen LogP contribution >= 0.6 is 0 Å². The number of pyridine rings is 1. The minimum atomic E-state index is 0.549. The first-order valence-corrected chi connectivity index (χ1v) is 8.50. The highest BCUT2D eigenvalue weighted by Crippen LogP contribution is 2.30. The molecule has 2 aromatic carbocycles. The first kappa shape index (κ1) is 16.8. The van der Waals surface area contributed by atoms with Crippen LogP contribution in [0.1, 0.15) is 5.56 Å². The van der Waals surface area contributed by atoms with Crippen LogP contribution in [0.3, 0.4) is 0 Å². The molecule has 2 heterocycles. The largest absolute Gasteiger partial charge is 0.497 e. The predicted octanol–water partition coefficient (Wildman–Crippen LogP) is 3.42. The third kappa shape index (κ3) is 3.39. The van der Waals surface area contributed by atoms with Crippen LogP contribution < -0.4 is 14.8 Å². The van der Waals surface area contributed by atoms with Gasteiger partial charge in [0.2, 0.25) is 0 Å². The number of methoxy groups -OCH3 is 2. The van der Waals surface area contributed by atoms with Crippen molar-refractivity contribution in [3.8, 4) is 22.6 Å². The molecule has 2 aromatic heterocycles. The zero-order valence-electron chi connectivity index (χ0n) is 15.1. The maximum absolute atomic E-state index is 5.45. The second-order valence-electron chi connectivity index (χ2n) is 5.99. The SMILES string of the molecule is COc1ccc(NCc2cc(-c3ccccc3)cn3nnnc23)c(OC)c1. The molecule has 0 bridgehead atoms. The first-order chi connectivity index (χ1) is 13.3. The summed E-state index contributed by atoms with van der Waals surface area (Å²) in [6, 6.07) is 17.9. The molecule has 7 heteroatoms. The molecule has 4 aromatic rings. The quantitative estimate of drug-likeness (QED) is 0.567. The van der Waals surface area contributed by atoms with E-state index < -0.39 is 0 Å². The van der Waals surface area contributed by atoms with Gasteiger partial charge in [0.1, 0.15) is 11.5 Å². The smallest absolute Gasteiger partial charge is 0.184 e. The van der Waals surface area contributed by atoms with E-state index in [4.69, 9.17) is 9.47 Å². The van der Waals surface area contributed by atoms with Gasteiger partial charge in [-0.2, -0.15) is 4.52 Å². The molecule has 0 radical (unpaired) electrons. The van der Waals surface area contributed by atoms with E-state index in [0.29, 0.717) is 12.3 Å². The third-order valence-electron chi connectivity index (χ3n) is 4.36. The number of hydrogen-bond donors (Lipinski definition) is 1. The molecule has 27 heavy (non-hydrogen) atoms. The van der Waals surface area contributed by atoms with Gasteiger partial charge in [0.25, 0.3) is 0 Å². The molecule has 136 valence electrons. The Kier molecular flexibility index (Phi) is 4.57. The normalized spacial score (nSPS) is 10.7. The summed E-state index contributed by atoms with van der Waals surface area (Å²) in [6.45, 7) is 0.549. The number of hydrogen-bond acceptors (Lipinski definition) is 6. The van der Waals surface area contributed by atoms with Crippen molar-refractivity contribution in [2.24, 2.45) is 0 Å². The summed E-state index contributed by atoms with van der Waals surface area (Å²) in [5.74, 6) is 1.46. The summed E-state index contributed by atoms with van der Waals surface area (Å²) >= 11 is 0. The van der Waals surface area contributed by atoms with Crippen molar-refractivity contribution in [2.45, 2.75) is 6.54 Å². The van der Waals surface area contributed by atoms with Crippen molar-refractivity contribution in [1.82, 2.24) is 20.0 Å². The standard InChI is InChI=1S/C20H19N5O2/c1-26-17-8-9-18(19(11-17)27-2)21-12-15-10-16(14-6-4-3-5-7-14)13-25-20(15)22-23-24-25/h3-11,13,21H,12H2,1-2H3. The molecule has 0 unspecified atom stereocenters. The number of fused-ring (bicyclic) bond motifs is 1. The lowest BCUT2D eigenvalue weighted by molar-refractivity contribution is 0.395. The fourth-order valence-corrected chi connectivity index (χ4v) is 2.97. The van der Waals surface area contributed by atoms with Crippen molar-refractivity contribution in [2.75, 3.05) is 19.5 Å². The molecule has 0 saturated carbocycles. The van der Waals surface area contributed by atoms with E-state index in [0.717, 1.165) is 33.8 Å². The van der Waals surface area contributed by atoms with Gasteiger partial charge in [-0.15, -0.1) is 5.10 Å². The number of aromatic nitrogens is 4. The lowest BCUT2D eigenvalue weighted by Crippen LogP contribution is -2.04. The average Bonchev–Trinajstić information content (AvgIpc) is 3.21. The van der Waals surface area contributed by atoms with Gasteiger partial charge in [0, 0.05) is 29.9 Å². The lowest BCUT2D eigenvalue weighted by atomic mass is 10.1. The van der Waals surface area contributed by atoms with Crippen LogP contribution in [0.4, 0.5) is 5.69 Å². The first-order valence-electron chi connectivity index (χ1n) is 8.50. The monoisotopic (exact) mass is 361 g/mol. The minimum absolute atomic E-state index is 0.549. The van der Waals surface area contributed by atoms with Crippen LogP contribution in [-0.2, 0) is 6.54 Å². The molecule has 0 saturated heterocycles. The van der Waals surface area contributed by atoms with E-state index in [-0.39, 0.29) is 0 Å². The Morgan fingerprint density at radius 3 is 2.59 bits per heavy atom. The number of nitrogens with one attached hydrogen (secondary N) is 1. The van der Waals surface area contributed by atoms with Crippen molar-refractivity contribution in [3.63, 3.8) is 0 Å². The predicted molar refractivity (Wildman–Crippen MR) is 103 cm³/mol. The summed E-state index contributed by atoms with van der Waals surface area (Å²) in [6.07, 6.45) is 1.93. The Hall–Kier alpha value is -3.61. The molecule has 1 N–H and O–H groups in total. The van der Waals surface area contributed by atoms with Crippen molar-refractivity contribution in [1.29, 1.82) is 0 Å². The molecular weight excluding hydrogens is 342 g/mol. The summed E-state index contributed by atoms with van der Waals surface area (Å²) in [7, 11) is 3.27. The van der Waals surface area contributed by atoms with E-state index in [1.807, 2.05) is 42.6 Å².